The van der Waals surface area contributed by atoms with E-state index >= 15 is 0 Å². The lowest BCUT2D eigenvalue weighted by Gasteiger charge is -2.08. The number of aryl methyl sites for hydroxylation is 1. The molecule has 0 spiro atoms. The predicted octanol–water partition coefficient (Wildman–Crippen LogP) is 2.91. The minimum absolute atomic E-state index is 0.0117. The number of carbonyl (C=O) groups excluding carboxylic acids is 1. The van der Waals surface area contributed by atoms with Crippen molar-refractivity contribution >= 4 is 27.0 Å². The molecule has 0 saturated carbocycles. The number of benzene rings is 3. The zero-order valence-corrected chi connectivity index (χ0v) is 17.1. The van der Waals surface area contributed by atoms with Gasteiger partial charge in [0.25, 0.3) is 5.91 Å². The number of primary sulfonamides is 1. The summed E-state index contributed by atoms with van der Waals surface area (Å²) >= 11 is 0. The van der Waals surface area contributed by atoms with E-state index in [1.807, 2.05) is 47.9 Å². The molecule has 1 aromatic heterocycles. The van der Waals surface area contributed by atoms with Crippen LogP contribution in [-0.4, -0.2) is 23.9 Å². The lowest BCUT2D eigenvalue weighted by Crippen LogP contribution is -2.23. The van der Waals surface area contributed by atoms with Gasteiger partial charge in [-0.3, -0.25) is 9.36 Å². The molecule has 0 saturated heterocycles. The first-order valence-electron chi connectivity index (χ1n) is 9.27. The summed E-state index contributed by atoms with van der Waals surface area (Å²) in [5.74, 6) is 0.554. The second-order valence-corrected chi connectivity index (χ2v) is 8.47. The molecular formula is C22H20N4O3S. The summed E-state index contributed by atoms with van der Waals surface area (Å²) < 4.78 is 25.0. The third-order valence-corrected chi connectivity index (χ3v) is 5.69. The zero-order valence-electron chi connectivity index (χ0n) is 16.2. The molecule has 0 aliphatic carbocycles. The molecule has 0 unspecified atom stereocenters. The van der Waals surface area contributed by atoms with Crippen LogP contribution in [0.15, 0.2) is 77.7 Å². The van der Waals surface area contributed by atoms with Crippen LogP contribution in [0.3, 0.4) is 0 Å². The minimum atomic E-state index is -3.79. The first-order chi connectivity index (χ1) is 14.3. The summed E-state index contributed by atoms with van der Waals surface area (Å²) in [4.78, 5) is 17.2. The van der Waals surface area contributed by atoms with E-state index in [9.17, 15) is 13.2 Å². The van der Waals surface area contributed by atoms with E-state index in [1.54, 1.807) is 24.3 Å². The molecule has 0 bridgehead atoms. The average Bonchev–Trinajstić information content (AvgIpc) is 3.07. The molecule has 0 fully saturated rings. The fourth-order valence-corrected chi connectivity index (χ4v) is 3.95. The Hall–Kier alpha value is -3.49. The van der Waals surface area contributed by atoms with Crippen molar-refractivity contribution in [3.8, 4) is 5.69 Å². The number of hydrogen-bond acceptors (Lipinski definition) is 4. The van der Waals surface area contributed by atoms with Crippen LogP contribution in [0.25, 0.3) is 16.7 Å². The van der Waals surface area contributed by atoms with Crippen LogP contribution in [0.1, 0.15) is 21.7 Å². The first-order valence-corrected chi connectivity index (χ1v) is 10.8. The van der Waals surface area contributed by atoms with Crippen molar-refractivity contribution in [3.05, 3.63) is 89.7 Å². The van der Waals surface area contributed by atoms with Crippen molar-refractivity contribution < 1.29 is 13.2 Å². The number of sulfonamides is 1. The van der Waals surface area contributed by atoms with Crippen molar-refractivity contribution in [2.24, 2.45) is 5.14 Å². The molecular weight excluding hydrogens is 400 g/mol. The van der Waals surface area contributed by atoms with Crippen LogP contribution >= 0.6 is 0 Å². The lowest BCUT2D eigenvalue weighted by molar-refractivity contribution is 0.0951. The normalized spacial score (nSPS) is 11.5. The largest absolute Gasteiger partial charge is 0.348 e. The Balaban J connectivity index is 1.56. The third kappa shape index (κ3) is 3.96. The van der Waals surface area contributed by atoms with Crippen LogP contribution in [0, 0.1) is 6.92 Å². The molecule has 0 atom stereocenters. The van der Waals surface area contributed by atoms with Gasteiger partial charge in [0.2, 0.25) is 10.0 Å². The first kappa shape index (κ1) is 19.8. The molecule has 3 aromatic carbocycles. The van der Waals surface area contributed by atoms with E-state index in [4.69, 9.17) is 5.14 Å². The summed E-state index contributed by atoms with van der Waals surface area (Å²) in [6, 6.07) is 21.4. The van der Waals surface area contributed by atoms with E-state index in [0.29, 0.717) is 11.1 Å². The van der Waals surface area contributed by atoms with E-state index in [1.165, 1.54) is 12.1 Å². The Labute approximate surface area is 174 Å². The Morgan fingerprint density at radius 2 is 1.80 bits per heavy atom. The third-order valence-electron chi connectivity index (χ3n) is 4.78. The van der Waals surface area contributed by atoms with Crippen molar-refractivity contribution in [2.75, 3.05) is 0 Å². The Bertz CT molecular complexity index is 1350. The molecule has 30 heavy (non-hydrogen) atoms. The smallest absolute Gasteiger partial charge is 0.251 e. The highest BCUT2D eigenvalue weighted by Gasteiger charge is 2.13. The number of nitrogens with zero attached hydrogens (tertiary/aromatic N) is 2. The zero-order chi connectivity index (χ0) is 21.3. The van der Waals surface area contributed by atoms with Crippen molar-refractivity contribution in [3.63, 3.8) is 0 Å². The van der Waals surface area contributed by atoms with Crippen LogP contribution in [0.2, 0.25) is 0 Å². The number of imidazole rings is 1. The molecule has 0 radical (unpaired) electrons. The molecule has 8 heteroatoms. The highest BCUT2D eigenvalue weighted by molar-refractivity contribution is 7.89. The summed E-state index contributed by atoms with van der Waals surface area (Å²) in [5.41, 5.74) is 3.75. The van der Waals surface area contributed by atoms with Gasteiger partial charge < -0.3 is 5.32 Å². The van der Waals surface area contributed by atoms with E-state index < -0.39 is 10.0 Å². The quantitative estimate of drug-likeness (QED) is 0.518. The molecule has 1 heterocycles. The number of aromatic nitrogens is 2. The van der Waals surface area contributed by atoms with Gasteiger partial charge in [-0.1, -0.05) is 30.3 Å². The summed E-state index contributed by atoms with van der Waals surface area (Å²) in [6.07, 6.45) is 0. The molecule has 4 rings (SSSR count). The highest BCUT2D eigenvalue weighted by atomic mass is 32.2. The number of amides is 1. The van der Waals surface area contributed by atoms with E-state index in [2.05, 4.69) is 10.3 Å². The van der Waals surface area contributed by atoms with Gasteiger partial charge in [-0.2, -0.15) is 0 Å². The molecule has 1 amide bonds. The lowest BCUT2D eigenvalue weighted by atomic mass is 10.1. The van der Waals surface area contributed by atoms with Gasteiger partial charge in [-0.05, 0) is 55.0 Å². The van der Waals surface area contributed by atoms with Gasteiger partial charge in [0.05, 0.1) is 15.9 Å². The van der Waals surface area contributed by atoms with Gasteiger partial charge >= 0.3 is 0 Å². The fraction of sp³-hybridized carbons (Fsp3) is 0.0909. The monoisotopic (exact) mass is 420 g/mol. The number of rotatable bonds is 5. The standard InChI is InChI=1S/C22H20N4O3S/c1-15-25-20-13-17(10-11-21(20)26(15)18-7-3-2-4-8-18)22(27)24-14-16-6-5-9-19(12-16)30(23,28)29/h2-13H,14H2,1H3,(H,24,27)(H2,23,28,29). The predicted molar refractivity (Wildman–Crippen MR) is 115 cm³/mol. The van der Waals surface area contributed by atoms with Gasteiger partial charge in [0.15, 0.2) is 0 Å². The summed E-state index contributed by atoms with van der Waals surface area (Å²) in [5, 5.41) is 7.96. The van der Waals surface area contributed by atoms with Gasteiger partial charge in [0, 0.05) is 17.8 Å². The average molecular weight is 420 g/mol. The molecule has 4 aromatic rings. The van der Waals surface area contributed by atoms with Crippen molar-refractivity contribution in [2.45, 2.75) is 18.4 Å². The molecule has 0 aliphatic heterocycles. The molecule has 0 aliphatic rings. The van der Waals surface area contributed by atoms with Crippen LogP contribution in [0.4, 0.5) is 0 Å². The molecule has 3 N–H and O–H groups in total. The van der Waals surface area contributed by atoms with E-state index in [-0.39, 0.29) is 17.3 Å². The number of para-hydroxylation sites is 1. The number of fused-ring (bicyclic) bond motifs is 1. The fourth-order valence-electron chi connectivity index (χ4n) is 3.36. The van der Waals surface area contributed by atoms with E-state index in [0.717, 1.165) is 22.5 Å². The molecule has 7 nitrogen and oxygen atoms in total. The van der Waals surface area contributed by atoms with Crippen molar-refractivity contribution in [1.29, 1.82) is 0 Å². The Kier molecular flexibility index (Phi) is 5.11. The number of carbonyl (C=O) groups is 1. The Morgan fingerprint density at radius 1 is 1.03 bits per heavy atom. The SMILES string of the molecule is Cc1nc2cc(C(=O)NCc3cccc(S(N)(=O)=O)c3)ccc2n1-c1ccccc1. The van der Waals surface area contributed by atoms with Crippen LogP contribution in [0.5, 0.6) is 0 Å². The maximum Gasteiger partial charge on any atom is 0.251 e. The second-order valence-electron chi connectivity index (χ2n) is 6.91. The van der Waals surface area contributed by atoms with Crippen molar-refractivity contribution in [1.82, 2.24) is 14.9 Å². The maximum absolute atomic E-state index is 12.6. The summed E-state index contributed by atoms with van der Waals surface area (Å²) in [7, 11) is -3.79. The van der Waals surface area contributed by atoms with Gasteiger partial charge in [0.1, 0.15) is 5.82 Å². The van der Waals surface area contributed by atoms with Gasteiger partial charge in [-0.25, -0.2) is 18.5 Å². The van der Waals surface area contributed by atoms with Crippen LogP contribution in [-0.2, 0) is 16.6 Å². The molecule has 152 valence electrons. The maximum atomic E-state index is 12.6. The second kappa shape index (κ2) is 7.74. The van der Waals surface area contributed by atoms with Gasteiger partial charge in [-0.15, -0.1) is 0 Å². The minimum Gasteiger partial charge on any atom is -0.348 e. The Morgan fingerprint density at radius 3 is 2.53 bits per heavy atom. The highest BCUT2D eigenvalue weighted by Crippen LogP contribution is 2.22. The topological polar surface area (TPSA) is 107 Å². The number of nitrogens with one attached hydrogen (secondary N) is 1. The number of nitrogens with two attached hydrogens (primary N) is 1. The number of hydrogen-bond donors (Lipinski definition) is 2. The van der Waals surface area contributed by atoms with Crippen LogP contribution < -0.4 is 10.5 Å². The summed E-state index contributed by atoms with van der Waals surface area (Å²) in [6.45, 7) is 2.10.